The Hall–Kier alpha value is -1.88. The molecule has 0 unspecified atom stereocenters. The Balaban J connectivity index is 2.19. The number of halogens is 1. The summed E-state index contributed by atoms with van der Waals surface area (Å²) < 4.78 is 1.86. The van der Waals surface area contributed by atoms with Crippen molar-refractivity contribution >= 4 is 27.5 Å². The highest BCUT2D eigenvalue weighted by Crippen LogP contribution is 2.16. The molecule has 0 spiro atoms. The Labute approximate surface area is 131 Å². The van der Waals surface area contributed by atoms with Crippen LogP contribution in [0.4, 0.5) is 5.69 Å². The number of hydrogen-bond donors (Lipinski definition) is 1. The highest BCUT2D eigenvalue weighted by atomic mass is 79.9. The van der Waals surface area contributed by atoms with E-state index in [1.807, 2.05) is 39.0 Å². The summed E-state index contributed by atoms with van der Waals surface area (Å²) in [5, 5.41) is 2.85. The minimum absolute atomic E-state index is 0.00745. The number of anilines is 1. The lowest BCUT2D eigenvalue weighted by Crippen LogP contribution is -2.28. The number of rotatable bonds is 3. The fourth-order valence-electron chi connectivity index (χ4n) is 2.07. The van der Waals surface area contributed by atoms with Crippen molar-refractivity contribution in [3.05, 3.63) is 62.0 Å². The van der Waals surface area contributed by atoms with Gasteiger partial charge < -0.3 is 9.88 Å². The summed E-state index contributed by atoms with van der Waals surface area (Å²) in [6, 6.07) is 7.61. The SMILES string of the molecule is Cc1ccc(C)c(NC(=O)Cn2cc(C)cc(Br)c2=O)c1. The van der Waals surface area contributed by atoms with E-state index in [4.69, 9.17) is 0 Å². The first-order valence-corrected chi connectivity index (χ1v) is 7.40. The minimum atomic E-state index is -0.219. The van der Waals surface area contributed by atoms with Gasteiger partial charge in [-0.25, -0.2) is 0 Å². The highest BCUT2D eigenvalue weighted by Gasteiger charge is 2.09. The first-order chi connectivity index (χ1) is 9.86. The molecule has 1 N–H and O–H groups in total. The van der Waals surface area contributed by atoms with Gasteiger partial charge in [-0.05, 0) is 65.5 Å². The molecule has 1 aromatic heterocycles. The molecule has 0 radical (unpaired) electrons. The molecule has 0 fully saturated rings. The summed E-state index contributed by atoms with van der Waals surface area (Å²) in [6.45, 7) is 5.78. The molecule has 0 aliphatic rings. The van der Waals surface area contributed by atoms with Crippen LogP contribution < -0.4 is 10.9 Å². The van der Waals surface area contributed by atoms with Gasteiger partial charge in [0.05, 0.1) is 4.47 Å². The lowest BCUT2D eigenvalue weighted by atomic mass is 10.1. The van der Waals surface area contributed by atoms with E-state index < -0.39 is 0 Å². The molecule has 4 nitrogen and oxygen atoms in total. The molecule has 0 atom stereocenters. The lowest BCUT2D eigenvalue weighted by molar-refractivity contribution is -0.116. The van der Waals surface area contributed by atoms with E-state index in [2.05, 4.69) is 21.2 Å². The highest BCUT2D eigenvalue weighted by molar-refractivity contribution is 9.10. The number of nitrogens with zero attached hydrogens (tertiary/aromatic N) is 1. The molecule has 0 bridgehead atoms. The fraction of sp³-hybridized carbons (Fsp3) is 0.250. The third kappa shape index (κ3) is 3.82. The van der Waals surface area contributed by atoms with Crippen LogP contribution in [0, 0.1) is 20.8 Å². The van der Waals surface area contributed by atoms with Crippen LogP contribution in [0.25, 0.3) is 0 Å². The molecule has 2 aromatic rings. The summed E-state index contributed by atoms with van der Waals surface area (Å²) in [5.74, 6) is -0.219. The quantitative estimate of drug-likeness (QED) is 0.925. The van der Waals surface area contributed by atoms with Crippen LogP contribution in [0.3, 0.4) is 0 Å². The monoisotopic (exact) mass is 348 g/mol. The van der Waals surface area contributed by atoms with Crippen molar-refractivity contribution in [1.29, 1.82) is 0 Å². The second-order valence-electron chi connectivity index (χ2n) is 5.16. The molecule has 0 aliphatic carbocycles. The number of carbonyl (C=O) groups excluding carboxylic acids is 1. The Morgan fingerprint density at radius 3 is 2.62 bits per heavy atom. The van der Waals surface area contributed by atoms with Gasteiger partial charge in [-0.3, -0.25) is 9.59 Å². The number of hydrogen-bond acceptors (Lipinski definition) is 2. The molecule has 1 heterocycles. The Bertz CT molecular complexity index is 750. The van der Waals surface area contributed by atoms with E-state index >= 15 is 0 Å². The number of amides is 1. The summed E-state index contributed by atoms with van der Waals surface area (Å²) in [4.78, 5) is 24.1. The molecule has 110 valence electrons. The van der Waals surface area contributed by atoms with Crippen molar-refractivity contribution in [1.82, 2.24) is 4.57 Å². The number of benzene rings is 1. The number of pyridine rings is 1. The van der Waals surface area contributed by atoms with Gasteiger partial charge in [0.25, 0.3) is 5.56 Å². The molecule has 2 rings (SSSR count). The van der Waals surface area contributed by atoms with Gasteiger partial charge in [0.2, 0.25) is 5.91 Å². The second-order valence-corrected chi connectivity index (χ2v) is 6.02. The third-order valence-corrected chi connectivity index (χ3v) is 3.73. The molecule has 5 heteroatoms. The summed E-state index contributed by atoms with van der Waals surface area (Å²) in [5.41, 5.74) is 3.55. The predicted molar refractivity (Wildman–Crippen MR) is 87.7 cm³/mol. The Morgan fingerprint density at radius 2 is 1.90 bits per heavy atom. The molecular weight excluding hydrogens is 332 g/mol. The van der Waals surface area contributed by atoms with Gasteiger partial charge in [-0.1, -0.05) is 12.1 Å². The summed E-state index contributed by atoms with van der Waals surface area (Å²) in [7, 11) is 0. The lowest BCUT2D eigenvalue weighted by Gasteiger charge is -2.11. The van der Waals surface area contributed by atoms with Crippen LogP contribution in [0.2, 0.25) is 0 Å². The van der Waals surface area contributed by atoms with Gasteiger partial charge in [0, 0.05) is 11.9 Å². The number of carbonyl (C=O) groups is 1. The molecular formula is C16H17BrN2O2. The van der Waals surface area contributed by atoms with E-state index in [1.165, 1.54) is 4.57 Å². The number of aromatic nitrogens is 1. The maximum absolute atomic E-state index is 12.1. The fourth-order valence-corrected chi connectivity index (χ4v) is 2.66. The summed E-state index contributed by atoms with van der Waals surface area (Å²) in [6.07, 6.45) is 1.68. The van der Waals surface area contributed by atoms with Gasteiger partial charge in [0.15, 0.2) is 0 Å². The van der Waals surface area contributed by atoms with E-state index in [0.29, 0.717) is 4.47 Å². The standard InChI is InChI=1S/C16H17BrN2O2/c1-10-4-5-12(3)14(7-10)18-15(20)9-19-8-11(2)6-13(17)16(19)21/h4-8H,9H2,1-3H3,(H,18,20). The van der Waals surface area contributed by atoms with Crippen LogP contribution in [0.1, 0.15) is 16.7 Å². The van der Waals surface area contributed by atoms with E-state index in [1.54, 1.807) is 12.3 Å². The molecule has 0 saturated carbocycles. The first-order valence-electron chi connectivity index (χ1n) is 6.60. The maximum Gasteiger partial charge on any atom is 0.265 e. The van der Waals surface area contributed by atoms with E-state index in [0.717, 1.165) is 22.4 Å². The van der Waals surface area contributed by atoms with Crippen molar-refractivity contribution < 1.29 is 4.79 Å². The van der Waals surface area contributed by atoms with Crippen molar-refractivity contribution in [2.75, 3.05) is 5.32 Å². The van der Waals surface area contributed by atoms with Crippen LogP contribution in [0.15, 0.2) is 39.7 Å². The van der Waals surface area contributed by atoms with Crippen molar-refractivity contribution in [2.45, 2.75) is 27.3 Å². The van der Waals surface area contributed by atoms with Gasteiger partial charge >= 0.3 is 0 Å². The van der Waals surface area contributed by atoms with Crippen LogP contribution >= 0.6 is 15.9 Å². The Kier molecular flexibility index (Phi) is 4.63. The normalized spacial score (nSPS) is 10.5. The van der Waals surface area contributed by atoms with Gasteiger partial charge in [-0.15, -0.1) is 0 Å². The Morgan fingerprint density at radius 1 is 1.19 bits per heavy atom. The average molecular weight is 349 g/mol. The van der Waals surface area contributed by atoms with Crippen LogP contribution in [-0.2, 0) is 11.3 Å². The van der Waals surface area contributed by atoms with E-state index in [9.17, 15) is 9.59 Å². The molecule has 1 aromatic carbocycles. The van der Waals surface area contributed by atoms with Crippen molar-refractivity contribution in [3.8, 4) is 0 Å². The van der Waals surface area contributed by atoms with Crippen LogP contribution in [0.5, 0.6) is 0 Å². The van der Waals surface area contributed by atoms with Gasteiger partial charge in [-0.2, -0.15) is 0 Å². The van der Waals surface area contributed by atoms with Crippen molar-refractivity contribution in [2.24, 2.45) is 0 Å². The zero-order valence-electron chi connectivity index (χ0n) is 12.2. The average Bonchev–Trinajstić information content (AvgIpc) is 2.39. The zero-order chi connectivity index (χ0) is 15.6. The van der Waals surface area contributed by atoms with Crippen molar-refractivity contribution in [3.63, 3.8) is 0 Å². The predicted octanol–water partition coefficient (Wildman–Crippen LogP) is 3.17. The van der Waals surface area contributed by atoms with Gasteiger partial charge in [0.1, 0.15) is 6.54 Å². The largest absolute Gasteiger partial charge is 0.324 e. The molecule has 0 aliphatic heterocycles. The molecule has 1 amide bonds. The number of nitrogens with one attached hydrogen (secondary N) is 1. The smallest absolute Gasteiger partial charge is 0.265 e. The molecule has 0 saturated heterocycles. The molecule has 21 heavy (non-hydrogen) atoms. The number of aryl methyl sites for hydroxylation is 3. The first kappa shape index (κ1) is 15.5. The minimum Gasteiger partial charge on any atom is -0.324 e. The second kappa shape index (κ2) is 6.26. The topological polar surface area (TPSA) is 51.1 Å². The van der Waals surface area contributed by atoms with E-state index in [-0.39, 0.29) is 18.0 Å². The summed E-state index contributed by atoms with van der Waals surface area (Å²) >= 11 is 3.21. The zero-order valence-corrected chi connectivity index (χ0v) is 13.8. The third-order valence-electron chi connectivity index (χ3n) is 3.16. The van der Waals surface area contributed by atoms with Crippen LogP contribution in [-0.4, -0.2) is 10.5 Å². The maximum atomic E-state index is 12.1.